The van der Waals surface area contributed by atoms with Gasteiger partial charge in [-0.05, 0) is 37.4 Å². The van der Waals surface area contributed by atoms with Gasteiger partial charge in [0.1, 0.15) is 0 Å². The van der Waals surface area contributed by atoms with E-state index in [-0.39, 0.29) is 0 Å². The predicted molar refractivity (Wildman–Crippen MR) is 84.0 cm³/mol. The number of rotatable bonds is 6. The zero-order chi connectivity index (χ0) is 13.5. The Bertz CT molecular complexity index is 363. The normalized spacial score (nSPS) is 18.4. The summed E-state index contributed by atoms with van der Waals surface area (Å²) in [6.45, 7) is 3.25. The molecule has 1 aromatic heterocycles. The largest absolute Gasteiger partial charge is 0.313 e. The summed E-state index contributed by atoms with van der Waals surface area (Å²) in [5, 5.41) is 5.44. The highest BCUT2D eigenvalue weighted by atomic mass is 35.5. The van der Waals surface area contributed by atoms with Crippen LogP contribution in [0.5, 0.6) is 0 Å². The number of hydrogen-bond donors (Lipinski definition) is 1. The summed E-state index contributed by atoms with van der Waals surface area (Å²) in [4.78, 5) is 4.36. The number of nitrogens with one attached hydrogen (secondary N) is 1. The maximum absolute atomic E-state index is 5.86. The second kappa shape index (κ2) is 8.13. The van der Waals surface area contributed by atoms with E-state index in [1.165, 1.54) is 32.1 Å². The first-order valence-corrected chi connectivity index (χ1v) is 8.63. The molecule has 1 aliphatic carbocycles. The molecule has 106 valence electrons. The van der Waals surface area contributed by atoms with Gasteiger partial charge in [0, 0.05) is 18.0 Å². The van der Waals surface area contributed by atoms with Crippen molar-refractivity contribution < 1.29 is 0 Å². The van der Waals surface area contributed by atoms with Crippen molar-refractivity contribution in [1.29, 1.82) is 0 Å². The van der Waals surface area contributed by atoms with Crippen LogP contribution in [0.2, 0.25) is 5.02 Å². The maximum Gasteiger partial charge on any atom is 0.0961 e. The molecule has 0 amide bonds. The van der Waals surface area contributed by atoms with Crippen molar-refractivity contribution in [3.63, 3.8) is 0 Å². The van der Waals surface area contributed by atoms with E-state index in [1.54, 1.807) is 6.20 Å². The molecule has 1 N–H and O–H groups in total. The highest BCUT2D eigenvalue weighted by Crippen LogP contribution is 2.29. The van der Waals surface area contributed by atoms with Crippen molar-refractivity contribution in [3.05, 3.63) is 23.4 Å². The minimum Gasteiger partial charge on any atom is -0.313 e. The van der Waals surface area contributed by atoms with E-state index in [0.29, 0.717) is 11.1 Å². The standard InChI is InChI=1S/C15H23ClN2S/c1-2-17-14(12-6-4-3-5-7-12)11-19-15-9-8-13(16)10-18-15/h8-10,12,14,17H,2-7,11H2,1H3. The average Bonchev–Trinajstić information content (AvgIpc) is 2.46. The van der Waals surface area contributed by atoms with E-state index in [1.807, 2.05) is 23.9 Å². The fourth-order valence-corrected chi connectivity index (χ4v) is 3.93. The van der Waals surface area contributed by atoms with Crippen LogP contribution in [-0.4, -0.2) is 23.3 Å². The molecule has 4 heteroatoms. The van der Waals surface area contributed by atoms with Crippen LogP contribution >= 0.6 is 23.4 Å². The first-order chi connectivity index (χ1) is 9.29. The molecule has 0 bridgehead atoms. The average molecular weight is 299 g/mol. The predicted octanol–water partition coefficient (Wildman–Crippen LogP) is 4.39. The topological polar surface area (TPSA) is 24.9 Å². The fraction of sp³-hybridized carbons (Fsp3) is 0.667. The van der Waals surface area contributed by atoms with Gasteiger partial charge >= 0.3 is 0 Å². The van der Waals surface area contributed by atoms with Crippen LogP contribution in [-0.2, 0) is 0 Å². The minimum absolute atomic E-state index is 0.618. The lowest BCUT2D eigenvalue weighted by molar-refractivity contribution is 0.288. The van der Waals surface area contributed by atoms with E-state index in [9.17, 15) is 0 Å². The Kier molecular flexibility index (Phi) is 6.48. The number of pyridine rings is 1. The molecular formula is C15H23ClN2S. The zero-order valence-electron chi connectivity index (χ0n) is 11.6. The van der Waals surface area contributed by atoms with E-state index in [4.69, 9.17) is 11.6 Å². The number of nitrogens with zero attached hydrogens (tertiary/aromatic N) is 1. The van der Waals surface area contributed by atoms with Gasteiger partial charge in [-0.1, -0.05) is 37.8 Å². The molecule has 0 aliphatic heterocycles. The van der Waals surface area contributed by atoms with Gasteiger partial charge in [-0.3, -0.25) is 0 Å². The third-order valence-corrected chi connectivity index (χ3v) is 5.08. The maximum atomic E-state index is 5.86. The van der Waals surface area contributed by atoms with Gasteiger partial charge in [0.15, 0.2) is 0 Å². The molecule has 0 aromatic carbocycles. The smallest absolute Gasteiger partial charge is 0.0961 e. The first-order valence-electron chi connectivity index (χ1n) is 7.27. The van der Waals surface area contributed by atoms with Crippen LogP contribution in [0.4, 0.5) is 0 Å². The summed E-state index contributed by atoms with van der Waals surface area (Å²) in [6.07, 6.45) is 8.71. The first kappa shape index (κ1) is 15.1. The fourth-order valence-electron chi connectivity index (χ4n) is 2.78. The van der Waals surface area contributed by atoms with Crippen molar-refractivity contribution in [2.45, 2.75) is 50.1 Å². The van der Waals surface area contributed by atoms with E-state index in [2.05, 4.69) is 17.2 Å². The van der Waals surface area contributed by atoms with Gasteiger partial charge in [0.05, 0.1) is 10.0 Å². The highest BCUT2D eigenvalue weighted by Gasteiger charge is 2.22. The monoisotopic (exact) mass is 298 g/mol. The quantitative estimate of drug-likeness (QED) is 0.789. The Hall–Kier alpha value is -0.250. The molecule has 0 saturated heterocycles. The number of hydrogen-bond acceptors (Lipinski definition) is 3. The van der Waals surface area contributed by atoms with Crippen molar-refractivity contribution in [2.75, 3.05) is 12.3 Å². The Labute approximate surface area is 125 Å². The molecule has 1 aromatic rings. The molecule has 1 aliphatic rings. The molecule has 2 rings (SSSR count). The van der Waals surface area contributed by atoms with Crippen LogP contribution in [0.25, 0.3) is 0 Å². The number of thioether (sulfide) groups is 1. The van der Waals surface area contributed by atoms with Crippen LogP contribution in [0.3, 0.4) is 0 Å². The third-order valence-electron chi connectivity index (χ3n) is 3.80. The van der Waals surface area contributed by atoms with Crippen molar-refractivity contribution in [1.82, 2.24) is 10.3 Å². The molecule has 1 fully saturated rings. The van der Waals surface area contributed by atoms with E-state index in [0.717, 1.165) is 23.2 Å². The molecule has 1 unspecified atom stereocenters. The highest BCUT2D eigenvalue weighted by molar-refractivity contribution is 7.99. The van der Waals surface area contributed by atoms with E-state index >= 15 is 0 Å². The lowest BCUT2D eigenvalue weighted by Gasteiger charge is -2.30. The van der Waals surface area contributed by atoms with Gasteiger partial charge in [-0.2, -0.15) is 0 Å². The Morgan fingerprint density at radius 3 is 2.79 bits per heavy atom. The van der Waals surface area contributed by atoms with Crippen molar-refractivity contribution >= 4 is 23.4 Å². The summed E-state index contributed by atoms with van der Waals surface area (Å²) >= 11 is 7.70. The Morgan fingerprint density at radius 1 is 1.37 bits per heavy atom. The second-order valence-electron chi connectivity index (χ2n) is 5.19. The van der Waals surface area contributed by atoms with Gasteiger partial charge in [-0.25, -0.2) is 4.98 Å². The molecule has 19 heavy (non-hydrogen) atoms. The van der Waals surface area contributed by atoms with Crippen molar-refractivity contribution in [2.24, 2.45) is 5.92 Å². The Morgan fingerprint density at radius 2 is 2.16 bits per heavy atom. The van der Waals surface area contributed by atoms with Crippen LogP contribution in [0.15, 0.2) is 23.4 Å². The molecule has 0 spiro atoms. The SMILES string of the molecule is CCNC(CSc1ccc(Cl)cn1)C1CCCCC1. The molecule has 1 saturated carbocycles. The summed E-state index contributed by atoms with van der Waals surface area (Å²) in [5.74, 6) is 1.95. The van der Waals surface area contributed by atoms with Gasteiger partial charge in [0.2, 0.25) is 0 Å². The van der Waals surface area contributed by atoms with Gasteiger partial charge < -0.3 is 5.32 Å². The van der Waals surface area contributed by atoms with Crippen LogP contribution in [0.1, 0.15) is 39.0 Å². The molecule has 1 heterocycles. The Balaban J connectivity index is 1.87. The minimum atomic E-state index is 0.618. The van der Waals surface area contributed by atoms with Crippen molar-refractivity contribution in [3.8, 4) is 0 Å². The summed E-state index contributed by atoms with van der Waals surface area (Å²) in [7, 11) is 0. The summed E-state index contributed by atoms with van der Waals surface area (Å²) in [5.41, 5.74) is 0. The van der Waals surface area contributed by atoms with Crippen LogP contribution < -0.4 is 5.32 Å². The summed E-state index contributed by atoms with van der Waals surface area (Å²) in [6, 6.07) is 4.55. The molecule has 0 radical (unpaired) electrons. The molecule has 1 atom stereocenters. The lowest BCUT2D eigenvalue weighted by atomic mass is 9.84. The number of halogens is 1. The second-order valence-corrected chi connectivity index (χ2v) is 6.66. The summed E-state index contributed by atoms with van der Waals surface area (Å²) < 4.78 is 0. The van der Waals surface area contributed by atoms with Crippen LogP contribution in [0, 0.1) is 5.92 Å². The third kappa shape index (κ3) is 4.97. The molecule has 2 nitrogen and oxygen atoms in total. The van der Waals surface area contributed by atoms with E-state index < -0.39 is 0 Å². The van der Waals surface area contributed by atoms with Gasteiger partial charge in [-0.15, -0.1) is 11.8 Å². The zero-order valence-corrected chi connectivity index (χ0v) is 13.1. The lowest BCUT2D eigenvalue weighted by Crippen LogP contribution is -2.39. The van der Waals surface area contributed by atoms with Gasteiger partial charge in [0.25, 0.3) is 0 Å². The molecular weight excluding hydrogens is 276 g/mol. The number of aromatic nitrogens is 1.